The molecule has 0 radical (unpaired) electrons. The van der Waals surface area contributed by atoms with Gasteiger partial charge in [-0.3, -0.25) is 4.90 Å². The Hall–Kier alpha value is -0.900. The van der Waals surface area contributed by atoms with Gasteiger partial charge in [0.25, 0.3) is 0 Å². The number of rotatable bonds is 20. The summed E-state index contributed by atoms with van der Waals surface area (Å²) in [4.78, 5) is 5.33. The molecular formula is C32H59N3. The lowest BCUT2D eigenvalue weighted by atomic mass is 10.0. The second kappa shape index (κ2) is 19.2. The first kappa shape index (κ1) is 30.3. The van der Waals surface area contributed by atoms with Crippen molar-refractivity contribution < 1.29 is 0 Å². The van der Waals surface area contributed by atoms with Gasteiger partial charge in [-0.2, -0.15) is 0 Å². The van der Waals surface area contributed by atoms with E-state index in [-0.39, 0.29) is 0 Å². The van der Waals surface area contributed by atoms with E-state index in [1.165, 1.54) is 127 Å². The van der Waals surface area contributed by atoms with E-state index in [4.69, 9.17) is 0 Å². The highest BCUT2D eigenvalue weighted by Gasteiger charge is 2.18. The lowest BCUT2D eigenvalue weighted by Crippen LogP contribution is -2.47. The molecule has 1 fully saturated rings. The molecule has 35 heavy (non-hydrogen) atoms. The Morgan fingerprint density at radius 1 is 0.657 bits per heavy atom. The van der Waals surface area contributed by atoms with Crippen LogP contribution < -0.4 is 5.32 Å². The van der Waals surface area contributed by atoms with Gasteiger partial charge in [-0.15, -0.1) is 0 Å². The average Bonchev–Trinajstić information content (AvgIpc) is 2.87. The van der Waals surface area contributed by atoms with Crippen molar-refractivity contribution in [3.8, 4) is 0 Å². The van der Waals surface area contributed by atoms with Crippen LogP contribution in [0.25, 0.3) is 0 Å². The van der Waals surface area contributed by atoms with Crippen LogP contribution in [0.4, 0.5) is 0 Å². The molecule has 1 aromatic rings. The third kappa shape index (κ3) is 13.8. The van der Waals surface area contributed by atoms with Gasteiger partial charge in [0.15, 0.2) is 0 Å². The molecule has 1 heterocycles. The molecule has 2 atom stereocenters. The number of benzene rings is 1. The van der Waals surface area contributed by atoms with Crippen LogP contribution in [0.2, 0.25) is 0 Å². The van der Waals surface area contributed by atoms with Crippen LogP contribution in [0.5, 0.6) is 0 Å². The first-order chi connectivity index (χ1) is 17.1. The van der Waals surface area contributed by atoms with Crippen molar-refractivity contribution in [3.63, 3.8) is 0 Å². The third-order valence-corrected chi connectivity index (χ3v) is 7.92. The number of unbranched alkanes of at least 4 members (excludes halogenated alkanes) is 7. The fraction of sp³-hybridized carbons (Fsp3) is 0.812. The summed E-state index contributed by atoms with van der Waals surface area (Å²) in [5.41, 5.74) is 2.90. The molecule has 0 bridgehead atoms. The minimum Gasteiger partial charge on any atom is -0.310 e. The fourth-order valence-corrected chi connectivity index (χ4v) is 5.48. The quantitative estimate of drug-likeness (QED) is 0.189. The van der Waals surface area contributed by atoms with E-state index in [0.29, 0.717) is 6.04 Å². The van der Waals surface area contributed by atoms with E-state index in [2.05, 4.69) is 67.1 Å². The molecule has 0 aromatic heterocycles. The lowest BCUT2D eigenvalue weighted by Gasteiger charge is -2.36. The highest BCUT2D eigenvalue weighted by atomic mass is 15.3. The first-order valence-electron chi connectivity index (χ1n) is 15.4. The smallest absolute Gasteiger partial charge is 0.0234 e. The lowest BCUT2D eigenvalue weighted by molar-refractivity contribution is 0.113. The Morgan fingerprint density at radius 3 is 1.86 bits per heavy atom. The van der Waals surface area contributed by atoms with Gasteiger partial charge in [-0.1, -0.05) is 116 Å². The van der Waals surface area contributed by atoms with Gasteiger partial charge in [-0.05, 0) is 36.3 Å². The van der Waals surface area contributed by atoms with E-state index in [1.807, 2.05) is 0 Å². The summed E-state index contributed by atoms with van der Waals surface area (Å²) in [7, 11) is 0. The summed E-state index contributed by atoms with van der Waals surface area (Å²) >= 11 is 0. The van der Waals surface area contributed by atoms with Crippen molar-refractivity contribution in [1.82, 2.24) is 15.1 Å². The Bertz CT molecular complexity index is 606. The second-order valence-electron chi connectivity index (χ2n) is 11.4. The molecule has 1 aliphatic rings. The summed E-state index contributed by atoms with van der Waals surface area (Å²) in [6.45, 7) is 17.6. The molecular weight excluding hydrogens is 426 g/mol. The van der Waals surface area contributed by atoms with E-state index in [9.17, 15) is 0 Å². The predicted molar refractivity (Wildman–Crippen MR) is 155 cm³/mol. The number of hydrogen-bond donors (Lipinski definition) is 1. The molecule has 3 nitrogen and oxygen atoms in total. The van der Waals surface area contributed by atoms with Crippen molar-refractivity contribution in [2.24, 2.45) is 5.92 Å². The monoisotopic (exact) mass is 485 g/mol. The topological polar surface area (TPSA) is 18.5 Å². The molecule has 0 amide bonds. The van der Waals surface area contributed by atoms with E-state index >= 15 is 0 Å². The SMILES string of the molecule is CCCCCCCC(CCCCC)NCc1ccc(CN2CCN(CC(C)CCCC)CC2)cc1. The zero-order valence-electron chi connectivity index (χ0n) is 24.0. The molecule has 2 unspecified atom stereocenters. The normalized spacial score (nSPS) is 17.0. The van der Waals surface area contributed by atoms with Crippen LogP contribution in [0.1, 0.15) is 122 Å². The van der Waals surface area contributed by atoms with Crippen LogP contribution in [0.3, 0.4) is 0 Å². The number of nitrogens with one attached hydrogen (secondary N) is 1. The second-order valence-corrected chi connectivity index (χ2v) is 11.4. The Kier molecular flexibility index (Phi) is 16.7. The maximum atomic E-state index is 3.90. The standard InChI is InChI=1S/C32H59N3/c1-5-8-11-12-14-17-32(16-13-9-6-2)33-26-30-18-20-31(21-19-30)28-35-24-22-34(23-25-35)27-29(4)15-10-7-3/h18-21,29,32-33H,5-17,22-28H2,1-4H3. The minimum absolute atomic E-state index is 0.684. The Labute approximate surface area is 219 Å². The maximum Gasteiger partial charge on any atom is 0.0234 e. The summed E-state index contributed by atoms with van der Waals surface area (Å²) in [5, 5.41) is 3.90. The zero-order valence-corrected chi connectivity index (χ0v) is 24.0. The fourth-order valence-electron chi connectivity index (χ4n) is 5.48. The summed E-state index contributed by atoms with van der Waals surface area (Å²) in [6, 6.07) is 10.1. The van der Waals surface area contributed by atoms with Gasteiger partial charge in [0, 0.05) is 51.9 Å². The van der Waals surface area contributed by atoms with Crippen molar-refractivity contribution >= 4 is 0 Å². The molecule has 1 aliphatic heterocycles. The molecule has 0 spiro atoms. The minimum atomic E-state index is 0.684. The zero-order chi connectivity index (χ0) is 25.1. The van der Waals surface area contributed by atoms with Crippen molar-refractivity contribution in [1.29, 1.82) is 0 Å². The predicted octanol–water partition coefficient (Wildman–Crippen LogP) is 8.03. The summed E-state index contributed by atoms with van der Waals surface area (Å²) in [6.07, 6.45) is 17.8. The number of piperazine rings is 1. The number of nitrogens with zero attached hydrogens (tertiary/aromatic N) is 2. The van der Waals surface area contributed by atoms with Gasteiger partial charge >= 0.3 is 0 Å². The summed E-state index contributed by atoms with van der Waals surface area (Å²) in [5.74, 6) is 0.843. The average molecular weight is 486 g/mol. The Morgan fingerprint density at radius 2 is 1.20 bits per heavy atom. The molecule has 0 aliphatic carbocycles. The van der Waals surface area contributed by atoms with Crippen molar-refractivity contribution in [3.05, 3.63) is 35.4 Å². The summed E-state index contributed by atoms with van der Waals surface area (Å²) < 4.78 is 0. The molecule has 1 aromatic carbocycles. The maximum absolute atomic E-state index is 3.90. The van der Waals surface area contributed by atoms with Crippen molar-refractivity contribution in [2.75, 3.05) is 32.7 Å². The van der Waals surface area contributed by atoms with Gasteiger partial charge < -0.3 is 10.2 Å². The van der Waals surface area contributed by atoms with E-state index in [1.54, 1.807) is 0 Å². The van der Waals surface area contributed by atoms with Crippen LogP contribution >= 0.6 is 0 Å². The first-order valence-corrected chi connectivity index (χ1v) is 15.4. The van der Waals surface area contributed by atoms with Gasteiger partial charge in [-0.25, -0.2) is 0 Å². The molecule has 3 heteroatoms. The van der Waals surface area contributed by atoms with Crippen LogP contribution in [-0.2, 0) is 13.1 Å². The van der Waals surface area contributed by atoms with Crippen LogP contribution in [0.15, 0.2) is 24.3 Å². The third-order valence-electron chi connectivity index (χ3n) is 7.92. The van der Waals surface area contributed by atoms with Gasteiger partial charge in [0.05, 0.1) is 0 Å². The van der Waals surface area contributed by atoms with Gasteiger partial charge in [0.2, 0.25) is 0 Å². The van der Waals surface area contributed by atoms with E-state index in [0.717, 1.165) is 19.0 Å². The van der Waals surface area contributed by atoms with Crippen molar-refractivity contribution in [2.45, 2.75) is 130 Å². The molecule has 1 saturated heterocycles. The van der Waals surface area contributed by atoms with Gasteiger partial charge in [0.1, 0.15) is 0 Å². The molecule has 1 N–H and O–H groups in total. The number of hydrogen-bond acceptors (Lipinski definition) is 3. The highest BCUT2D eigenvalue weighted by Crippen LogP contribution is 2.16. The van der Waals surface area contributed by atoms with Crippen LogP contribution in [-0.4, -0.2) is 48.6 Å². The highest BCUT2D eigenvalue weighted by molar-refractivity contribution is 5.22. The molecule has 0 saturated carbocycles. The molecule has 2 rings (SSSR count). The van der Waals surface area contributed by atoms with Crippen LogP contribution in [0, 0.1) is 5.92 Å². The largest absolute Gasteiger partial charge is 0.310 e. The Balaban J connectivity index is 1.69. The van der Waals surface area contributed by atoms with E-state index < -0.39 is 0 Å². The molecule has 202 valence electrons.